The van der Waals surface area contributed by atoms with Crippen molar-refractivity contribution in [1.29, 1.82) is 0 Å². The minimum Gasteiger partial charge on any atom is -0.466 e. The average molecular weight is 473 g/mol. The van der Waals surface area contributed by atoms with E-state index in [1.54, 1.807) is 40.0 Å². The molecule has 2 aromatic rings. The summed E-state index contributed by atoms with van der Waals surface area (Å²) < 4.78 is 10.6. The number of ether oxygens (including phenoxy) is 2. The summed E-state index contributed by atoms with van der Waals surface area (Å²) in [5.74, 6) is -0.490. The van der Waals surface area contributed by atoms with E-state index in [1.165, 1.54) is 6.92 Å². The van der Waals surface area contributed by atoms with E-state index in [2.05, 4.69) is 10.3 Å². The maximum Gasteiger partial charge on any atom is 0.413 e. The number of hydrogen-bond acceptors (Lipinski definition) is 7. The van der Waals surface area contributed by atoms with Crippen molar-refractivity contribution in [2.24, 2.45) is 5.92 Å². The molecule has 33 heavy (non-hydrogen) atoms. The summed E-state index contributed by atoms with van der Waals surface area (Å²) in [4.78, 5) is 40.9. The zero-order valence-corrected chi connectivity index (χ0v) is 20.6. The molecule has 0 aliphatic heterocycles. The normalized spacial score (nSPS) is 13.0. The van der Waals surface area contributed by atoms with Crippen LogP contribution in [-0.4, -0.2) is 40.1 Å². The lowest BCUT2D eigenvalue weighted by Crippen LogP contribution is -2.29. The molecule has 1 N–H and O–H groups in total. The second-order valence-corrected chi connectivity index (χ2v) is 9.76. The third-order valence-electron chi connectivity index (χ3n) is 4.68. The smallest absolute Gasteiger partial charge is 0.413 e. The van der Waals surface area contributed by atoms with Crippen LogP contribution in [0.3, 0.4) is 0 Å². The summed E-state index contributed by atoms with van der Waals surface area (Å²) in [5, 5.41) is 2.56. The number of thioether (sulfide) groups is 1. The number of pyridine rings is 1. The van der Waals surface area contributed by atoms with Crippen molar-refractivity contribution in [3.8, 4) is 0 Å². The first-order chi connectivity index (χ1) is 15.6. The van der Waals surface area contributed by atoms with Crippen LogP contribution in [0.1, 0.15) is 51.7 Å². The Morgan fingerprint density at radius 3 is 2.33 bits per heavy atom. The van der Waals surface area contributed by atoms with Crippen molar-refractivity contribution in [2.45, 2.75) is 52.6 Å². The molecule has 2 atom stereocenters. The molecular formula is C25H32N2O5S. The Morgan fingerprint density at radius 2 is 1.79 bits per heavy atom. The lowest BCUT2D eigenvalue weighted by Gasteiger charge is -2.26. The van der Waals surface area contributed by atoms with Crippen LogP contribution >= 0.6 is 11.8 Å². The number of amides is 1. The molecule has 8 heteroatoms. The van der Waals surface area contributed by atoms with E-state index in [1.807, 2.05) is 36.4 Å². The molecule has 2 unspecified atom stereocenters. The first-order valence-electron chi connectivity index (χ1n) is 10.9. The van der Waals surface area contributed by atoms with E-state index in [9.17, 15) is 14.4 Å². The van der Waals surface area contributed by atoms with Gasteiger partial charge in [0, 0.05) is 24.8 Å². The summed E-state index contributed by atoms with van der Waals surface area (Å²) >= 11 is 1.11. The second-order valence-electron chi connectivity index (χ2n) is 8.56. The third kappa shape index (κ3) is 9.26. The Kier molecular flexibility index (Phi) is 9.91. The highest BCUT2D eigenvalue weighted by Gasteiger charge is 2.32. The molecule has 178 valence electrons. The maximum atomic E-state index is 12.9. The number of anilines is 1. The summed E-state index contributed by atoms with van der Waals surface area (Å²) in [6.45, 7) is 8.86. The van der Waals surface area contributed by atoms with Crippen LogP contribution in [-0.2, 0) is 25.5 Å². The van der Waals surface area contributed by atoms with Gasteiger partial charge in [0.05, 0.1) is 12.5 Å². The predicted molar refractivity (Wildman–Crippen MR) is 130 cm³/mol. The number of nitrogens with zero attached hydrogens (tertiary/aromatic N) is 1. The van der Waals surface area contributed by atoms with Crippen LogP contribution < -0.4 is 5.32 Å². The van der Waals surface area contributed by atoms with Gasteiger partial charge in [-0.15, -0.1) is 0 Å². The molecule has 0 bridgehead atoms. The minimum atomic E-state index is -0.619. The highest BCUT2D eigenvalue weighted by atomic mass is 32.2. The monoisotopic (exact) mass is 472 g/mol. The van der Waals surface area contributed by atoms with Crippen molar-refractivity contribution in [2.75, 3.05) is 17.7 Å². The number of nitrogens with one attached hydrogen (secondary N) is 1. The number of aromatic nitrogens is 1. The molecule has 7 nitrogen and oxygen atoms in total. The van der Waals surface area contributed by atoms with Crippen molar-refractivity contribution in [3.63, 3.8) is 0 Å². The van der Waals surface area contributed by atoms with E-state index in [0.29, 0.717) is 18.0 Å². The van der Waals surface area contributed by atoms with Gasteiger partial charge in [-0.1, -0.05) is 48.2 Å². The van der Waals surface area contributed by atoms with E-state index in [4.69, 9.17) is 9.47 Å². The van der Waals surface area contributed by atoms with Crippen LogP contribution in [0.2, 0.25) is 0 Å². The van der Waals surface area contributed by atoms with E-state index < -0.39 is 17.6 Å². The fourth-order valence-corrected chi connectivity index (χ4v) is 4.05. The number of carbonyl (C=O) groups excluding carboxylic acids is 3. The number of hydrogen-bond donors (Lipinski definition) is 1. The van der Waals surface area contributed by atoms with E-state index >= 15 is 0 Å². The predicted octanol–water partition coefficient (Wildman–Crippen LogP) is 5.21. The largest absolute Gasteiger partial charge is 0.466 e. The summed E-state index contributed by atoms with van der Waals surface area (Å²) in [6, 6.07) is 13.3. The molecular weight excluding hydrogens is 440 g/mol. The van der Waals surface area contributed by atoms with E-state index in [0.717, 1.165) is 22.9 Å². The van der Waals surface area contributed by atoms with Crippen molar-refractivity contribution in [3.05, 3.63) is 59.8 Å². The first-order valence-corrected chi connectivity index (χ1v) is 11.9. The van der Waals surface area contributed by atoms with Gasteiger partial charge < -0.3 is 9.47 Å². The van der Waals surface area contributed by atoms with Gasteiger partial charge in [-0.25, -0.2) is 9.78 Å². The number of esters is 1. The molecule has 0 saturated carbocycles. The minimum absolute atomic E-state index is 0.0576. The zero-order chi connectivity index (χ0) is 24.4. The quantitative estimate of drug-likeness (QED) is 0.500. The topological polar surface area (TPSA) is 94.6 Å². The molecule has 1 heterocycles. The molecule has 1 aromatic heterocycles. The van der Waals surface area contributed by atoms with Crippen molar-refractivity contribution < 1.29 is 23.9 Å². The Morgan fingerprint density at radius 1 is 1.09 bits per heavy atom. The molecule has 1 aromatic carbocycles. The lowest BCUT2D eigenvalue weighted by molar-refractivity contribution is -0.148. The molecule has 0 radical (unpaired) electrons. The highest BCUT2D eigenvalue weighted by molar-refractivity contribution is 8.13. The Hall–Kier alpha value is -2.87. The van der Waals surface area contributed by atoms with Crippen molar-refractivity contribution in [1.82, 2.24) is 4.98 Å². The molecule has 2 rings (SSSR count). The summed E-state index contributed by atoms with van der Waals surface area (Å²) in [5.41, 5.74) is 1.25. The highest BCUT2D eigenvalue weighted by Crippen LogP contribution is 2.32. The van der Waals surface area contributed by atoms with E-state index in [-0.39, 0.29) is 23.6 Å². The van der Waals surface area contributed by atoms with Gasteiger partial charge in [0.25, 0.3) is 0 Å². The maximum absolute atomic E-state index is 12.9. The standard InChI is InChI=1S/C25H32N2O5S/c1-6-31-23(29)21(16-33-17(2)28)20(14-18-10-8-7-9-11-18)19-12-13-22(26-15-19)27-24(30)32-25(3,4)5/h7-13,15,20-21H,6,14,16H2,1-5H3,(H,26,27,30). The lowest BCUT2D eigenvalue weighted by atomic mass is 9.83. The fourth-order valence-electron chi connectivity index (χ4n) is 3.27. The molecule has 1 amide bonds. The van der Waals surface area contributed by atoms with Gasteiger partial charge in [-0.3, -0.25) is 14.9 Å². The van der Waals surface area contributed by atoms with Gasteiger partial charge in [0.1, 0.15) is 11.4 Å². The molecule has 0 spiro atoms. The zero-order valence-electron chi connectivity index (χ0n) is 19.8. The molecule has 0 fully saturated rings. The first kappa shape index (κ1) is 26.4. The van der Waals surface area contributed by atoms with Crippen LogP contribution in [0.5, 0.6) is 0 Å². The summed E-state index contributed by atoms with van der Waals surface area (Å²) in [6.07, 6.45) is 1.62. The Labute approximate surface area is 199 Å². The van der Waals surface area contributed by atoms with Gasteiger partial charge in [-0.05, 0) is 51.3 Å². The number of carbonyl (C=O) groups is 3. The molecule has 0 saturated heterocycles. The third-order valence-corrected chi connectivity index (χ3v) is 5.62. The van der Waals surface area contributed by atoms with Gasteiger partial charge >= 0.3 is 12.1 Å². The molecule has 0 aliphatic rings. The number of benzene rings is 1. The second kappa shape index (κ2) is 12.4. The SMILES string of the molecule is CCOC(=O)C(CSC(C)=O)C(Cc1ccccc1)c1ccc(NC(=O)OC(C)(C)C)nc1. The van der Waals surface area contributed by atoms with Crippen LogP contribution in [0.25, 0.3) is 0 Å². The Bertz CT molecular complexity index is 926. The summed E-state index contributed by atoms with van der Waals surface area (Å²) in [7, 11) is 0. The average Bonchev–Trinajstić information content (AvgIpc) is 2.73. The van der Waals surface area contributed by atoms with Crippen molar-refractivity contribution >= 4 is 34.8 Å². The number of rotatable bonds is 9. The van der Waals surface area contributed by atoms with Gasteiger partial charge in [0.2, 0.25) is 0 Å². The Balaban J connectivity index is 2.32. The molecule has 0 aliphatic carbocycles. The van der Waals surface area contributed by atoms with Crippen LogP contribution in [0, 0.1) is 5.92 Å². The fraction of sp³-hybridized carbons (Fsp3) is 0.440. The van der Waals surface area contributed by atoms with Crippen LogP contribution in [0.15, 0.2) is 48.7 Å². The van der Waals surface area contributed by atoms with Gasteiger partial charge in [-0.2, -0.15) is 0 Å². The van der Waals surface area contributed by atoms with Crippen LogP contribution in [0.4, 0.5) is 10.6 Å². The van der Waals surface area contributed by atoms with Gasteiger partial charge in [0.15, 0.2) is 5.12 Å².